The maximum absolute atomic E-state index is 5.89. The van der Waals surface area contributed by atoms with Gasteiger partial charge in [0.2, 0.25) is 0 Å². The van der Waals surface area contributed by atoms with Gasteiger partial charge in [0.1, 0.15) is 0 Å². The van der Waals surface area contributed by atoms with Crippen LogP contribution in [0.5, 0.6) is 11.5 Å². The SMILES string of the molecule is CCCCCOOc1c2ccccc2c(OOCCCCC)c2cc(CC)ccc12. The van der Waals surface area contributed by atoms with Gasteiger partial charge in [-0.3, -0.25) is 0 Å². The summed E-state index contributed by atoms with van der Waals surface area (Å²) in [5.41, 5.74) is 1.24. The summed E-state index contributed by atoms with van der Waals surface area (Å²) in [5, 5.41) is 3.86. The van der Waals surface area contributed by atoms with Crippen molar-refractivity contribution in [2.24, 2.45) is 0 Å². The lowest BCUT2D eigenvalue weighted by molar-refractivity contribution is -0.206. The number of fused-ring (bicyclic) bond motifs is 2. The summed E-state index contributed by atoms with van der Waals surface area (Å²) in [7, 11) is 0. The van der Waals surface area contributed by atoms with E-state index in [4.69, 9.17) is 19.6 Å². The molecule has 0 saturated carbocycles. The Morgan fingerprint density at radius 2 is 1.13 bits per heavy atom. The summed E-state index contributed by atoms with van der Waals surface area (Å²) < 4.78 is 0. The molecule has 0 N–H and O–H groups in total. The Morgan fingerprint density at radius 3 is 1.67 bits per heavy atom. The fourth-order valence-electron chi connectivity index (χ4n) is 3.57. The Balaban J connectivity index is 1.99. The third-order valence-corrected chi connectivity index (χ3v) is 5.34. The molecule has 4 heteroatoms. The lowest BCUT2D eigenvalue weighted by atomic mass is 9.98. The van der Waals surface area contributed by atoms with Gasteiger partial charge in [0.15, 0.2) is 11.5 Å². The van der Waals surface area contributed by atoms with Crippen LogP contribution in [0.1, 0.15) is 64.9 Å². The van der Waals surface area contributed by atoms with Crippen molar-refractivity contribution < 1.29 is 19.6 Å². The van der Waals surface area contributed by atoms with Crippen molar-refractivity contribution in [3.8, 4) is 11.5 Å². The van der Waals surface area contributed by atoms with Crippen molar-refractivity contribution in [3.05, 3.63) is 48.0 Å². The van der Waals surface area contributed by atoms with E-state index in [1.807, 2.05) is 24.3 Å². The first-order chi connectivity index (χ1) is 14.8. The van der Waals surface area contributed by atoms with Crippen LogP contribution in [0.25, 0.3) is 21.5 Å². The molecular formula is C26H34O4. The molecule has 3 aromatic rings. The molecule has 30 heavy (non-hydrogen) atoms. The molecule has 0 aliphatic heterocycles. The Hall–Kier alpha value is -2.30. The maximum atomic E-state index is 5.89. The second-order valence-corrected chi connectivity index (χ2v) is 7.66. The van der Waals surface area contributed by atoms with Gasteiger partial charge in [0, 0.05) is 21.5 Å². The Morgan fingerprint density at radius 1 is 0.600 bits per heavy atom. The summed E-state index contributed by atoms with van der Waals surface area (Å²) >= 11 is 0. The van der Waals surface area contributed by atoms with Crippen LogP contribution in [-0.4, -0.2) is 13.2 Å². The minimum atomic E-state index is 0.579. The van der Waals surface area contributed by atoms with Crippen LogP contribution in [0, 0.1) is 0 Å². The van der Waals surface area contributed by atoms with E-state index in [-0.39, 0.29) is 0 Å². The molecule has 0 bridgehead atoms. The predicted octanol–water partition coefficient (Wildman–Crippen LogP) is 7.56. The van der Waals surface area contributed by atoms with Crippen molar-refractivity contribution in [1.82, 2.24) is 0 Å². The molecule has 0 heterocycles. The van der Waals surface area contributed by atoms with Gasteiger partial charge in [0.05, 0.1) is 13.2 Å². The van der Waals surface area contributed by atoms with E-state index >= 15 is 0 Å². The van der Waals surface area contributed by atoms with Crippen LogP contribution in [0.15, 0.2) is 42.5 Å². The van der Waals surface area contributed by atoms with E-state index in [0.717, 1.165) is 78.0 Å². The lowest BCUT2D eigenvalue weighted by Crippen LogP contribution is -2.04. The largest absolute Gasteiger partial charge is 0.336 e. The lowest BCUT2D eigenvalue weighted by Gasteiger charge is -2.16. The first-order valence-electron chi connectivity index (χ1n) is 11.4. The Kier molecular flexibility index (Phi) is 8.79. The number of aryl methyl sites for hydroxylation is 1. The van der Waals surface area contributed by atoms with Crippen LogP contribution in [0.3, 0.4) is 0 Å². The van der Waals surface area contributed by atoms with Crippen LogP contribution < -0.4 is 9.78 Å². The van der Waals surface area contributed by atoms with E-state index < -0.39 is 0 Å². The molecule has 3 rings (SSSR count). The highest BCUT2D eigenvalue weighted by atomic mass is 17.2. The van der Waals surface area contributed by atoms with Gasteiger partial charge in [-0.1, -0.05) is 82.9 Å². The Bertz CT molecular complexity index is 935. The number of hydrogen-bond donors (Lipinski definition) is 0. The number of hydrogen-bond acceptors (Lipinski definition) is 4. The maximum Gasteiger partial charge on any atom is 0.181 e. The zero-order valence-electron chi connectivity index (χ0n) is 18.5. The van der Waals surface area contributed by atoms with E-state index in [1.54, 1.807) is 0 Å². The average molecular weight is 411 g/mol. The zero-order chi connectivity index (χ0) is 21.2. The van der Waals surface area contributed by atoms with Crippen molar-refractivity contribution in [1.29, 1.82) is 0 Å². The fourth-order valence-corrected chi connectivity index (χ4v) is 3.57. The van der Waals surface area contributed by atoms with E-state index in [0.29, 0.717) is 13.2 Å². The van der Waals surface area contributed by atoms with Crippen molar-refractivity contribution >= 4 is 21.5 Å². The summed E-state index contributed by atoms with van der Waals surface area (Å²) in [4.78, 5) is 23.0. The second-order valence-electron chi connectivity index (χ2n) is 7.66. The molecule has 0 saturated heterocycles. The van der Waals surface area contributed by atoms with Gasteiger partial charge in [0.25, 0.3) is 0 Å². The second kappa shape index (κ2) is 11.8. The van der Waals surface area contributed by atoms with Crippen LogP contribution in [0.4, 0.5) is 0 Å². The van der Waals surface area contributed by atoms with Gasteiger partial charge >= 0.3 is 0 Å². The molecule has 0 unspecified atom stereocenters. The van der Waals surface area contributed by atoms with Gasteiger partial charge < -0.3 is 9.78 Å². The van der Waals surface area contributed by atoms with E-state index in [1.165, 1.54) is 5.56 Å². The predicted molar refractivity (Wildman–Crippen MR) is 123 cm³/mol. The number of benzene rings is 3. The molecule has 0 atom stereocenters. The molecule has 0 aliphatic carbocycles. The van der Waals surface area contributed by atoms with Gasteiger partial charge in [-0.2, -0.15) is 9.78 Å². The van der Waals surface area contributed by atoms with E-state index in [9.17, 15) is 0 Å². The number of rotatable bonds is 13. The molecule has 0 radical (unpaired) electrons. The highest BCUT2D eigenvalue weighted by Crippen LogP contribution is 2.43. The molecule has 0 amide bonds. The monoisotopic (exact) mass is 410 g/mol. The van der Waals surface area contributed by atoms with Gasteiger partial charge in [-0.15, -0.1) is 0 Å². The topological polar surface area (TPSA) is 36.9 Å². The summed E-state index contributed by atoms with van der Waals surface area (Å²) in [6, 6.07) is 14.5. The third-order valence-electron chi connectivity index (χ3n) is 5.34. The molecule has 162 valence electrons. The molecule has 3 aromatic carbocycles. The zero-order valence-corrected chi connectivity index (χ0v) is 18.5. The summed E-state index contributed by atoms with van der Waals surface area (Å²) in [5.74, 6) is 1.48. The normalized spacial score (nSPS) is 11.3. The van der Waals surface area contributed by atoms with Gasteiger partial charge in [-0.05, 0) is 30.9 Å². The quantitative estimate of drug-likeness (QED) is 0.126. The minimum Gasteiger partial charge on any atom is -0.336 e. The van der Waals surface area contributed by atoms with Crippen LogP contribution in [-0.2, 0) is 16.2 Å². The Labute approximate surface area is 179 Å². The minimum absolute atomic E-state index is 0.579. The van der Waals surface area contributed by atoms with Crippen molar-refractivity contribution in [2.45, 2.75) is 65.7 Å². The number of unbranched alkanes of at least 4 members (excludes halogenated alkanes) is 4. The highest BCUT2D eigenvalue weighted by molar-refractivity contribution is 6.11. The van der Waals surface area contributed by atoms with Crippen molar-refractivity contribution in [3.63, 3.8) is 0 Å². The van der Waals surface area contributed by atoms with Crippen LogP contribution >= 0.6 is 0 Å². The molecule has 0 aliphatic rings. The van der Waals surface area contributed by atoms with E-state index in [2.05, 4.69) is 39.0 Å². The molecule has 4 nitrogen and oxygen atoms in total. The fraction of sp³-hybridized carbons (Fsp3) is 0.462. The highest BCUT2D eigenvalue weighted by Gasteiger charge is 2.18. The first kappa shape index (κ1) is 22.4. The van der Waals surface area contributed by atoms with Crippen LogP contribution in [0.2, 0.25) is 0 Å². The smallest absolute Gasteiger partial charge is 0.181 e. The average Bonchev–Trinajstić information content (AvgIpc) is 2.79. The standard InChI is InChI=1S/C26H34O4/c1-4-7-11-17-27-29-25-21-13-9-10-14-22(21)26(30-28-18-12-8-5-2)24-19-20(6-3)15-16-23(24)25/h9-10,13-16,19H,4-8,11-12,17-18H2,1-3H3. The molecule has 0 fully saturated rings. The molecular weight excluding hydrogens is 376 g/mol. The molecule has 0 spiro atoms. The van der Waals surface area contributed by atoms with Gasteiger partial charge in [-0.25, -0.2) is 0 Å². The summed E-state index contributed by atoms with van der Waals surface area (Å²) in [6.07, 6.45) is 7.49. The van der Waals surface area contributed by atoms with Crippen molar-refractivity contribution in [2.75, 3.05) is 13.2 Å². The first-order valence-corrected chi connectivity index (χ1v) is 11.4. The third kappa shape index (κ3) is 5.44. The molecule has 0 aromatic heterocycles. The summed E-state index contributed by atoms with van der Waals surface area (Å²) in [6.45, 7) is 7.66.